The van der Waals surface area contributed by atoms with Crippen LogP contribution < -0.4 is 0 Å². The number of hydrogen-bond acceptors (Lipinski definition) is 0. The third kappa shape index (κ3) is 3.82. The SMILES string of the molecule is CCCCCCCc1ccccc1[O]. The molecule has 1 aromatic carbocycles. The molecule has 0 heterocycles. The van der Waals surface area contributed by atoms with Crippen molar-refractivity contribution in [2.75, 3.05) is 0 Å². The number of aryl methyl sites for hydroxylation is 1. The van der Waals surface area contributed by atoms with Crippen LogP contribution in [0.4, 0.5) is 0 Å². The van der Waals surface area contributed by atoms with Gasteiger partial charge in [-0.2, -0.15) is 0 Å². The molecule has 0 aliphatic carbocycles. The van der Waals surface area contributed by atoms with Gasteiger partial charge in [-0.05, 0) is 24.5 Å². The average Bonchev–Trinajstić information content (AvgIpc) is 2.20. The van der Waals surface area contributed by atoms with Crippen molar-refractivity contribution in [2.45, 2.75) is 45.4 Å². The predicted octanol–water partition coefficient (Wildman–Crippen LogP) is 4.34. The summed E-state index contributed by atoms with van der Waals surface area (Å²) in [4.78, 5) is 0. The molecular formula is C13H19O. The molecule has 0 fully saturated rings. The summed E-state index contributed by atoms with van der Waals surface area (Å²) in [5, 5.41) is 11.3. The first-order chi connectivity index (χ1) is 6.84. The highest BCUT2D eigenvalue weighted by Crippen LogP contribution is 2.19. The van der Waals surface area contributed by atoms with Crippen LogP contribution >= 0.6 is 0 Å². The molecule has 0 aromatic heterocycles. The minimum absolute atomic E-state index is 0.197. The average molecular weight is 191 g/mol. The van der Waals surface area contributed by atoms with Gasteiger partial charge in [0.2, 0.25) is 0 Å². The van der Waals surface area contributed by atoms with E-state index in [1.54, 1.807) is 6.07 Å². The summed E-state index contributed by atoms with van der Waals surface area (Å²) in [6.45, 7) is 2.22. The van der Waals surface area contributed by atoms with E-state index < -0.39 is 0 Å². The second-order valence-corrected chi connectivity index (χ2v) is 3.77. The van der Waals surface area contributed by atoms with E-state index in [0.29, 0.717) is 0 Å². The van der Waals surface area contributed by atoms with Crippen molar-refractivity contribution < 1.29 is 5.11 Å². The number of benzene rings is 1. The number of para-hydroxylation sites is 1. The Balaban J connectivity index is 2.21. The maximum Gasteiger partial charge on any atom is 0.181 e. The van der Waals surface area contributed by atoms with Gasteiger partial charge in [0.05, 0.1) is 0 Å². The maximum absolute atomic E-state index is 11.3. The summed E-state index contributed by atoms with van der Waals surface area (Å²) in [6, 6.07) is 7.36. The third-order valence-electron chi connectivity index (χ3n) is 2.52. The zero-order valence-electron chi connectivity index (χ0n) is 8.96. The molecule has 1 heteroatoms. The zero-order valence-corrected chi connectivity index (χ0v) is 8.96. The smallest absolute Gasteiger partial charge is 0.181 e. The quantitative estimate of drug-likeness (QED) is 0.596. The first kappa shape index (κ1) is 11.1. The summed E-state index contributed by atoms with van der Waals surface area (Å²) in [7, 11) is 0. The van der Waals surface area contributed by atoms with Crippen molar-refractivity contribution in [3.05, 3.63) is 29.8 Å². The lowest BCUT2D eigenvalue weighted by molar-refractivity contribution is 0.349. The van der Waals surface area contributed by atoms with E-state index in [1.165, 1.54) is 25.7 Å². The van der Waals surface area contributed by atoms with Crippen LogP contribution in [0.3, 0.4) is 0 Å². The van der Waals surface area contributed by atoms with Gasteiger partial charge >= 0.3 is 0 Å². The molecule has 0 atom stereocenters. The van der Waals surface area contributed by atoms with E-state index in [2.05, 4.69) is 6.92 Å². The molecule has 1 aromatic rings. The van der Waals surface area contributed by atoms with Gasteiger partial charge in [0, 0.05) is 0 Å². The monoisotopic (exact) mass is 191 g/mol. The molecule has 0 spiro atoms. The summed E-state index contributed by atoms with van der Waals surface area (Å²) in [5.41, 5.74) is 0.976. The van der Waals surface area contributed by atoms with E-state index >= 15 is 0 Å². The van der Waals surface area contributed by atoms with Crippen LogP contribution in [0.2, 0.25) is 0 Å². The van der Waals surface area contributed by atoms with Crippen molar-refractivity contribution in [3.63, 3.8) is 0 Å². The Bertz CT molecular complexity index is 255. The molecule has 77 valence electrons. The highest BCUT2D eigenvalue weighted by atomic mass is 16.3. The first-order valence-electron chi connectivity index (χ1n) is 5.59. The third-order valence-corrected chi connectivity index (χ3v) is 2.52. The number of hydrogen-bond donors (Lipinski definition) is 0. The molecule has 0 aliphatic heterocycles. The van der Waals surface area contributed by atoms with Gasteiger partial charge in [0.25, 0.3) is 0 Å². The van der Waals surface area contributed by atoms with Crippen molar-refractivity contribution in [3.8, 4) is 5.75 Å². The van der Waals surface area contributed by atoms with Crippen LogP contribution in [-0.2, 0) is 11.5 Å². The molecular weight excluding hydrogens is 172 g/mol. The van der Waals surface area contributed by atoms with E-state index in [0.717, 1.165) is 18.4 Å². The summed E-state index contributed by atoms with van der Waals surface area (Å²) < 4.78 is 0. The maximum atomic E-state index is 11.3. The molecule has 1 rings (SSSR count). The number of unbranched alkanes of at least 4 members (excludes halogenated alkanes) is 4. The Labute approximate surface area is 86.8 Å². The minimum atomic E-state index is 0.197. The molecule has 14 heavy (non-hydrogen) atoms. The van der Waals surface area contributed by atoms with Crippen molar-refractivity contribution >= 4 is 0 Å². The summed E-state index contributed by atoms with van der Waals surface area (Å²) >= 11 is 0. The van der Waals surface area contributed by atoms with Gasteiger partial charge in [-0.15, -0.1) is 0 Å². The number of rotatable bonds is 6. The fourth-order valence-electron chi connectivity index (χ4n) is 1.63. The molecule has 1 radical (unpaired) electrons. The van der Waals surface area contributed by atoms with Crippen LogP contribution in [0.5, 0.6) is 5.75 Å². The van der Waals surface area contributed by atoms with Gasteiger partial charge in [-0.3, -0.25) is 5.11 Å². The molecule has 0 unspecified atom stereocenters. The fourth-order valence-corrected chi connectivity index (χ4v) is 1.63. The van der Waals surface area contributed by atoms with E-state index in [4.69, 9.17) is 0 Å². The van der Waals surface area contributed by atoms with Crippen molar-refractivity contribution in [1.29, 1.82) is 0 Å². The van der Waals surface area contributed by atoms with Gasteiger partial charge < -0.3 is 0 Å². The Morgan fingerprint density at radius 1 is 1.00 bits per heavy atom. The highest BCUT2D eigenvalue weighted by Gasteiger charge is 2.00. The van der Waals surface area contributed by atoms with Crippen LogP contribution in [0.25, 0.3) is 0 Å². The summed E-state index contributed by atoms with van der Waals surface area (Å²) in [5.74, 6) is 0.197. The lowest BCUT2D eigenvalue weighted by Crippen LogP contribution is -1.86. The lowest BCUT2D eigenvalue weighted by Gasteiger charge is -2.01. The molecule has 0 bridgehead atoms. The minimum Gasteiger partial charge on any atom is -0.290 e. The normalized spacial score (nSPS) is 10.4. The van der Waals surface area contributed by atoms with Gasteiger partial charge in [-0.25, -0.2) is 0 Å². The molecule has 0 aliphatic rings. The first-order valence-corrected chi connectivity index (χ1v) is 5.59. The van der Waals surface area contributed by atoms with Crippen molar-refractivity contribution in [1.82, 2.24) is 0 Å². The Morgan fingerprint density at radius 3 is 2.43 bits per heavy atom. The largest absolute Gasteiger partial charge is 0.290 e. The van der Waals surface area contributed by atoms with Crippen LogP contribution in [0.15, 0.2) is 24.3 Å². The Morgan fingerprint density at radius 2 is 1.71 bits per heavy atom. The van der Waals surface area contributed by atoms with Crippen LogP contribution in [0, 0.1) is 0 Å². The van der Waals surface area contributed by atoms with E-state index in [-0.39, 0.29) is 5.75 Å². The molecule has 0 saturated carbocycles. The standard InChI is InChI=1S/C13H19O/c1-2-3-4-5-6-9-12-10-7-8-11-13(12)14/h7-8,10-11H,2-6,9H2,1H3. The zero-order chi connectivity index (χ0) is 10.2. The second kappa shape index (κ2) is 6.47. The Kier molecular flexibility index (Phi) is 5.13. The van der Waals surface area contributed by atoms with Gasteiger partial charge in [-0.1, -0.05) is 50.8 Å². The lowest BCUT2D eigenvalue weighted by atomic mass is 10.0. The predicted molar refractivity (Wildman–Crippen MR) is 59.0 cm³/mol. The molecule has 0 saturated heterocycles. The van der Waals surface area contributed by atoms with Crippen molar-refractivity contribution in [2.24, 2.45) is 0 Å². The van der Waals surface area contributed by atoms with Gasteiger partial charge in [0.15, 0.2) is 5.75 Å². The fraction of sp³-hybridized carbons (Fsp3) is 0.538. The Hall–Kier alpha value is -0.980. The molecule has 0 N–H and O–H groups in total. The highest BCUT2D eigenvalue weighted by molar-refractivity contribution is 5.31. The molecule has 1 nitrogen and oxygen atoms in total. The molecule has 0 amide bonds. The van der Waals surface area contributed by atoms with E-state index in [9.17, 15) is 5.11 Å². The van der Waals surface area contributed by atoms with Crippen LogP contribution in [-0.4, -0.2) is 0 Å². The van der Waals surface area contributed by atoms with Crippen LogP contribution in [0.1, 0.15) is 44.6 Å². The van der Waals surface area contributed by atoms with Gasteiger partial charge in [0.1, 0.15) is 0 Å². The van der Waals surface area contributed by atoms with E-state index in [1.807, 2.05) is 18.2 Å². The second-order valence-electron chi connectivity index (χ2n) is 3.77. The summed E-state index contributed by atoms with van der Waals surface area (Å²) in [6.07, 6.45) is 7.25. The topological polar surface area (TPSA) is 19.9 Å².